The Morgan fingerprint density at radius 1 is 1.00 bits per heavy atom. The molecule has 22 heavy (non-hydrogen) atoms. The Bertz CT molecular complexity index is 631. The summed E-state index contributed by atoms with van der Waals surface area (Å²) in [5.74, 6) is -0.207. The van der Waals surface area contributed by atoms with Gasteiger partial charge in [0, 0.05) is 6.54 Å². The van der Waals surface area contributed by atoms with Gasteiger partial charge in [0.05, 0.1) is 5.56 Å². The summed E-state index contributed by atoms with van der Waals surface area (Å²) in [5, 5.41) is 9.27. The average Bonchev–Trinajstić information content (AvgIpc) is 2.57. The molecule has 0 aromatic heterocycles. The highest BCUT2D eigenvalue weighted by Gasteiger charge is 2.21. The number of rotatable bonds is 4. The maximum Gasteiger partial charge on any atom is 0.336 e. The molecule has 0 spiro atoms. The fraction of sp³-hybridized carbons (Fsp3) is 0.316. The van der Waals surface area contributed by atoms with Crippen molar-refractivity contribution < 1.29 is 9.90 Å². The molecule has 2 aromatic rings. The minimum absolute atomic E-state index is 0.424. The lowest BCUT2D eigenvalue weighted by molar-refractivity contribution is 0.0694. The number of aromatic carboxylic acids is 1. The van der Waals surface area contributed by atoms with Crippen LogP contribution >= 0.6 is 0 Å². The van der Waals surface area contributed by atoms with Crippen LogP contribution in [0.15, 0.2) is 54.6 Å². The second kappa shape index (κ2) is 6.75. The van der Waals surface area contributed by atoms with Crippen molar-refractivity contribution in [3.8, 4) is 0 Å². The normalized spacial score (nSPS) is 16.5. The molecule has 0 saturated carbocycles. The smallest absolute Gasteiger partial charge is 0.336 e. The van der Waals surface area contributed by atoms with Crippen LogP contribution in [0.2, 0.25) is 0 Å². The van der Waals surface area contributed by atoms with Crippen LogP contribution in [-0.2, 0) is 6.54 Å². The largest absolute Gasteiger partial charge is 0.478 e. The van der Waals surface area contributed by atoms with Gasteiger partial charge in [-0.05, 0) is 49.0 Å². The van der Waals surface area contributed by atoms with E-state index in [0.29, 0.717) is 11.5 Å². The third-order valence-electron chi connectivity index (χ3n) is 4.50. The maximum atomic E-state index is 11.3. The summed E-state index contributed by atoms with van der Waals surface area (Å²) >= 11 is 0. The highest BCUT2D eigenvalue weighted by atomic mass is 16.4. The Labute approximate surface area is 131 Å². The van der Waals surface area contributed by atoms with E-state index in [4.69, 9.17) is 0 Å². The monoisotopic (exact) mass is 295 g/mol. The van der Waals surface area contributed by atoms with E-state index in [1.807, 2.05) is 12.1 Å². The summed E-state index contributed by atoms with van der Waals surface area (Å²) in [6, 6.07) is 18.0. The van der Waals surface area contributed by atoms with E-state index in [-0.39, 0.29) is 0 Å². The van der Waals surface area contributed by atoms with Gasteiger partial charge in [-0.2, -0.15) is 0 Å². The number of piperidine rings is 1. The number of carboxylic acid groups (broad SMARTS) is 1. The molecule has 0 radical (unpaired) electrons. The van der Waals surface area contributed by atoms with Crippen LogP contribution < -0.4 is 0 Å². The zero-order valence-electron chi connectivity index (χ0n) is 12.6. The molecule has 1 heterocycles. The highest BCUT2D eigenvalue weighted by molar-refractivity contribution is 5.89. The van der Waals surface area contributed by atoms with E-state index in [2.05, 4.69) is 35.2 Å². The third-order valence-corrected chi connectivity index (χ3v) is 4.50. The van der Waals surface area contributed by atoms with E-state index in [9.17, 15) is 9.90 Å². The third kappa shape index (κ3) is 3.37. The van der Waals surface area contributed by atoms with Crippen LogP contribution in [-0.4, -0.2) is 29.1 Å². The van der Waals surface area contributed by atoms with Gasteiger partial charge < -0.3 is 5.11 Å². The number of hydrogen-bond acceptors (Lipinski definition) is 2. The molecule has 1 aliphatic rings. The van der Waals surface area contributed by atoms with Crippen LogP contribution in [0.5, 0.6) is 0 Å². The van der Waals surface area contributed by atoms with Crippen molar-refractivity contribution in [1.82, 2.24) is 4.90 Å². The van der Waals surface area contributed by atoms with Crippen molar-refractivity contribution in [2.75, 3.05) is 13.1 Å². The molecule has 0 atom stereocenters. The zero-order chi connectivity index (χ0) is 15.4. The molecule has 1 fully saturated rings. The van der Waals surface area contributed by atoms with Gasteiger partial charge in [-0.1, -0.05) is 48.5 Å². The summed E-state index contributed by atoms with van der Waals surface area (Å²) in [5.41, 5.74) is 2.76. The standard InChI is InChI=1S/C19H21NO2/c21-19(22)18-9-5-4-8-17(18)14-20-12-10-16(11-13-20)15-6-2-1-3-7-15/h1-9,16H,10-14H2,(H,21,22). The molecular formula is C19H21NO2. The lowest BCUT2D eigenvalue weighted by Gasteiger charge is -2.32. The molecule has 1 saturated heterocycles. The number of carboxylic acids is 1. The fourth-order valence-electron chi connectivity index (χ4n) is 3.26. The van der Waals surface area contributed by atoms with Crippen molar-refractivity contribution >= 4 is 5.97 Å². The Hall–Kier alpha value is -2.13. The number of benzene rings is 2. The van der Waals surface area contributed by atoms with Gasteiger partial charge in [-0.25, -0.2) is 4.79 Å². The van der Waals surface area contributed by atoms with Crippen LogP contribution in [0.4, 0.5) is 0 Å². The number of likely N-dealkylation sites (tertiary alicyclic amines) is 1. The van der Waals surface area contributed by atoms with Gasteiger partial charge in [0.15, 0.2) is 0 Å². The van der Waals surface area contributed by atoms with Crippen LogP contribution in [0.1, 0.15) is 40.2 Å². The minimum Gasteiger partial charge on any atom is -0.478 e. The second-order valence-electron chi connectivity index (χ2n) is 5.92. The van der Waals surface area contributed by atoms with E-state index < -0.39 is 5.97 Å². The second-order valence-corrected chi connectivity index (χ2v) is 5.92. The number of hydrogen-bond donors (Lipinski definition) is 1. The molecule has 0 bridgehead atoms. The van der Waals surface area contributed by atoms with Gasteiger partial charge in [0.2, 0.25) is 0 Å². The molecule has 1 aliphatic heterocycles. The zero-order valence-corrected chi connectivity index (χ0v) is 12.6. The van der Waals surface area contributed by atoms with E-state index >= 15 is 0 Å². The first-order chi connectivity index (χ1) is 10.7. The van der Waals surface area contributed by atoms with Gasteiger partial charge >= 0.3 is 5.97 Å². The van der Waals surface area contributed by atoms with Gasteiger partial charge in [0.25, 0.3) is 0 Å². The quantitative estimate of drug-likeness (QED) is 0.933. The summed E-state index contributed by atoms with van der Waals surface area (Å²) < 4.78 is 0. The molecule has 0 amide bonds. The maximum absolute atomic E-state index is 11.3. The SMILES string of the molecule is O=C(O)c1ccccc1CN1CCC(c2ccccc2)CC1. The molecular weight excluding hydrogens is 274 g/mol. The predicted octanol–water partition coefficient (Wildman–Crippen LogP) is 3.76. The summed E-state index contributed by atoms with van der Waals surface area (Å²) in [4.78, 5) is 13.6. The first-order valence-electron chi connectivity index (χ1n) is 7.82. The first-order valence-corrected chi connectivity index (χ1v) is 7.82. The van der Waals surface area contributed by atoms with Gasteiger partial charge in [-0.15, -0.1) is 0 Å². The molecule has 3 rings (SSSR count). The molecule has 0 unspecified atom stereocenters. The van der Waals surface area contributed by atoms with Crippen LogP contribution in [0.25, 0.3) is 0 Å². The molecule has 2 aromatic carbocycles. The lowest BCUT2D eigenvalue weighted by Crippen LogP contribution is -2.32. The minimum atomic E-state index is -0.838. The van der Waals surface area contributed by atoms with E-state index in [1.54, 1.807) is 12.1 Å². The Morgan fingerprint density at radius 3 is 2.32 bits per heavy atom. The number of nitrogens with zero attached hydrogens (tertiary/aromatic N) is 1. The molecule has 3 heteroatoms. The van der Waals surface area contributed by atoms with Crippen molar-refractivity contribution in [2.45, 2.75) is 25.3 Å². The van der Waals surface area contributed by atoms with Crippen LogP contribution in [0, 0.1) is 0 Å². The summed E-state index contributed by atoms with van der Waals surface area (Å²) in [6.45, 7) is 2.77. The van der Waals surface area contributed by atoms with Crippen LogP contribution in [0.3, 0.4) is 0 Å². The van der Waals surface area contributed by atoms with E-state index in [0.717, 1.165) is 38.0 Å². The van der Waals surface area contributed by atoms with E-state index in [1.165, 1.54) is 5.56 Å². The molecule has 1 N–H and O–H groups in total. The Morgan fingerprint density at radius 2 is 1.64 bits per heavy atom. The Kier molecular flexibility index (Phi) is 4.54. The summed E-state index contributed by atoms with van der Waals surface area (Å²) in [7, 11) is 0. The lowest BCUT2D eigenvalue weighted by atomic mass is 9.89. The first kappa shape index (κ1) is 14.8. The van der Waals surface area contributed by atoms with Crippen molar-refractivity contribution in [1.29, 1.82) is 0 Å². The van der Waals surface area contributed by atoms with Crippen molar-refractivity contribution in [3.05, 3.63) is 71.3 Å². The summed E-state index contributed by atoms with van der Waals surface area (Å²) in [6.07, 6.45) is 2.28. The molecule has 114 valence electrons. The Balaban J connectivity index is 1.62. The highest BCUT2D eigenvalue weighted by Crippen LogP contribution is 2.28. The molecule has 0 aliphatic carbocycles. The number of carbonyl (C=O) groups is 1. The van der Waals surface area contributed by atoms with Crippen molar-refractivity contribution in [3.63, 3.8) is 0 Å². The predicted molar refractivity (Wildman–Crippen MR) is 87.1 cm³/mol. The van der Waals surface area contributed by atoms with Gasteiger partial charge in [0.1, 0.15) is 0 Å². The van der Waals surface area contributed by atoms with Gasteiger partial charge in [-0.3, -0.25) is 4.90 Å². The van der Waals surface area contributed by atoms with Crippen molar-refractivity contribution in [2.24, 2.45) is 0 Å². The molecule has 3 nitrogen and oxygen atoms in total. The topological polar surface area (TPSA) is 40.5 Å². The average molecular weight is 295 g/mol. The fourth-order valence-corrected chi connectivity index (χ4v) is 3.26.